The molecule has 1 unspecified atom stereocenters. The van der Waals surface area contributed by atoms with Crippen LogP contribution in [-0.4, -0.2) is 54.5 Å². The second-order valence-corrected chi connectivity index (χ2v) is 5.71. The summed E-state index contributed by atoms with van der Waals surface area (Å²) < 4.78 is 0. The summed E-state index contributed by atoms with van der Waals surface area (Å²) >= 11 is 0. The molecule has 0 aromatic carbocycles. The number of amides is 2. The number of hydrogen-bond donors (Lipinski definition) is 3. The van der Waals surface area contributed by atoms with Crippen LogP contribution >= 0.6 is 0 Å². The van der Waals surface area contributed by atoms with Gasteiger partial charge in [-0.05, 0) is 20.8 Å². The van der Waals surface area contributed by atoms with Crippen LogP contribution in [0.5, 0.6) is 0 Å². The van der Waals surface area contributed by atoms with E-state index in [1.165, 1.54) is 0 Å². The van der Waals surface area contributed by atoms with Crippen LogP contribution in [0.4, 0.5) is 0 Å². The number of nitrogens with zero attached hydrogens (tertiary/aromatic N) is 1. The molecule has 0 saturated carbocycles. The molecule has 0 aromatic rings. The molecular formula is C12H24N4O2. The summed E-state index contributed by atoms with van der Waals surface area (Å²) in [6.45, 7) is 8.88. The zero-order valence-electron chi connectivity index (χ0n) is 11.5. The van der Waals surface area contributed by atoms with Crippen LogP contribution in [0.25, 0.3) is 0 Å². The number of rotatable bonds is 4. The molecule has 1 rings (SSSR count). The molecule has 104 valence electrons. The van der Waals surface area contributed by atoms with Gasteiger partial charge in [0.25, 0.3) is 0 Å². The lowest BCUT2D eigenvalue weighted by Gasteiger charge is -2.33. The number of carbonyl (C=O) groups is 2. The largest absolute Gasteiger partial charge is 0.368 e. The standard InChI is InChI=1S/C12H24N4O2/c1-12(2,3)15-10(17)8-9(11(13)18)16-6-4-14-5-7-16/h9,14H,4-8H2,1-3H3,(H2,13,18)(H,15,17). The van der Waals surface area contributed by atoms with Crippen molar-refractivity contribution in [3.8, 4) is 0 Å². The monoisotopic (exact) mass is 256 g/mol. The average molecular weight is 256 g/mol. The Morgan fingerprint density at radius 2 is 1.89 bits per heavy atom. The van der Waals surface area contributed by atoms with Crippen LogP contribution in [0, 0.1) is 0 Å². The van der Waals surface area contributed by atoms with Crippen molar-refractivity contribution in [3.05, 3.63) is 0 Å². The molecule has 0 bridgehead atoms. The van der Waals surface area contributed by atoms with Gasteiger partial charge in [-0.1, -0.05) is 0 Å². The molecule has 6 heteroatoms. The number of hydrogen-bond acceptors (Lipinski definition) is 4. The van der Waals surface area contributed by atoms with Crippen molar-refractivity contribution in [2.75, 3.05) is 26.2 Å². The first kappa shape index (κ1) is 14.9. The smallest absolute Gasteiger partial charge is 0.235 e. The number of carbonyl (C=O) groups excluding carboxylic acids is 2. The van der Waals surface area contributed by atoms with Gasteiger partial charge in [0.15, 0.2) is 0 Å². The average Bonchev–Trinajstić information content (AvgIpc) is 2.24. The first-order valence-electron chi connectivity index (χ1n) is 6.35. The molecule has 1 aliphatic heterocycles. The lowest BCUT2D eigenvalue weighted by atomic mass is 10.1. The van der Waals surface area contributed by atoms with E-state index >= 15 is 0 Å². The third kappa shape index (κ3) is 5.01. The molecule has 2 amide bonds. The van der Waals surface area contributed by atoms with E-state index in [1.807, 2.05) is 25.7 Å². The fraction of sp³-hybridized carbons (Fsp3) is 0.833. The van der Waals surface area contributed by atoms with Crippen LogP contribution in [0.3, 0.4) is 0 Å². The molecule has 1 fully saturated rings. The highest BCUT2D eigenvalue weighted by molar-refractivity contribution is 5.87. The minimum atomic E-state index is -0.505. The van der Waals surface area contributed by atoms with E-state index in [0.717, 1.165) is 26.2 Å². The van der Waals surface area contributed by atoms with Gasteiger partial charge in [0.1, 0.15) is 0 Å². The van der Waals surface area contributed by atoms with Gasteiger partial charge in [0.2, 0.25) is 11.8 Å². The number of piperazine rings is 1. The fourth-order valence-corrected chi connectivity index (χ4v) is 2.05. The lowest BCUT2D eigenvalue weighted by Crippen LogP contribution is -2.55. The zero-order valence-corrected chi connectivity index (χ0v) is 11.5. The molecule has 0 radical (unpaired) electrons. The molecule has 18 heavy (non-hydrogen) atoms. The van der Waals surface area contributed by atoms with Crippen molar-refractivity contribution in [3.63, 3.8) is 0 Å². The Kier molecular flexibility index (Phi) is 5.10. The summed E-state index contributed by atoms with van der Waals surface area (Å²) in [4.78, 5) is 25.3. The third-order valence-corrected chi connectivity index (χ3v) is 2.81. The van der Waals surface area contributed by atoms with E-state index in [2.05, 4.69) is 10.6 Å². The van der Waals surface area contributed by atoms with Gasteiger partial charge in [0, 0.05) is 31.7 Å². The van der Waals surface area contributed by atoms with Crippen molar-refractivity contribution in [1.29, 1.82) is 0 Å². The minimum absolute atomic E-state index is 0.132. The Hall–Kier alpha value is -1.14. The van der Waals surface area contributed by atoms with Crippen molar-refractivity contribution in [2.45, 2.75) is 38.8 Å². The van der Waals surface area contributed by atoms with Gasteiger partial charge in [-0.25, -0.2) is 0 Å². The SMILES string of the molecule is CC(C)(C)NC(=O)CC(C(N)=O)N1CCNCC1. The molecule has 0 aliphatic carbocycles. The minimum Gasteiger partial charge on any atom is -0.368 e. The van der Waals surface area contributed by atoms with Crippen LogP contribution < -0.4 is 16.4 Å². The summed E-state index contributed by atoms with van der Waals surface area (Å²) in [6.07, 6.45) is 0.132. The summed E-state index contributed by atoms with van der Waals surface area (Å²) in [7, 11) is 0. The van der Waals surface area contributed by atoms with Gasteiger partial charge in [-0.2, -0.15) is 0 Å². The van der Waals surface area contributed by atoms with Crippen molar-refractivity contribution in [2.24, 2.45) is 5.73 Å². The van der Waals surface area contributed by atoms with E-state index < -0.39 is 11.9 Å². The predicted molar refractivity (Wildman–Crippen MR) is 69.9 cm³/mol. The van der Waals surface area contributed by atoms with Gasteiger partial charge in [-0.3, -0.25) is 14.5 Å². The Balaban J connectivity index is 2.57. The van der Waals surface area contributed by atoms with E-state index in [1.54, 1.807) is 0 Å². The van der Waals surface area contributed by atoms with Crippen molar-refractivity contribution >= 4 is 11.8 Å². The van der Waals surface area contributed by atoms with Gasteiger partial charge in [0.05, 0.1) is 12.5 Å². The maximum atomic E-state index is 11.9. The second kappa shape index (κ2) is 6.15. The van der Waals surface area contributed by atoms with E-state index in [-0.39, 0.29) is 17.9 Å². The molecule has 0 spiro atoms. The van der Waals surface area contributed by atoms with E-state index in [0.29, 0.717) is 0 Å². The first-order chi connectivity index (χ1) is 8.29. The van der Waals surface area contributed by atoms with E-state index in [9.17, 15) is 9.59 Å². The maximum absolute atomic E-state index is 11.9. The summed E-state index contributed by atoms with van der Waals surface area (Å²) in [5.74, 6) is -0.564. The van der Waals surface area contributed by atoms with Crippen LogP contribution in [0.15, 0.2) is 0 Å². The zero-order chi connectivity index (χ0) is 13.8. The van der Waals surface area contributed by atoms with Gasteiger partial charge < -0.3 is 16.4 Å². The molecule has 1 aliphatic rings. The summed E-state index contributed by atoms with van der Waals surface area (Å²) in [5, 5.41) is 6.06. The molecule has 6 nitrogen and oxygen atoms in total. The Morgan fingerprint density at radius 3 is 2.33 bits per heavy atom. The highest BCUT2D eigenvalue weighted by Crippen LogP contribution is 2.07. The second-order valence-electron chi connectivity index (χ2n) is 5.71. The lowest BCUT2D eigenvalue weighted by molar-refractivity contribution is -0.130. The van der Waals surface area contributed by atoms with Crippen LogP contribution in [-0.2, 0) is 9.59 Å². The molecule has 4 N–H and O–H groups in total. The number of nitrogens with one attached hydrogen (secondary N) is 2. The fourth-order valence-electron chi connectivity index (χ4n) is 2.05. The van der Waals surface area contributed by atoms with Crippen LogP contribution in [0.2, 0.25) is 0 Å². The summed E-state index contributed by atoms with van der Waals surface area (Å²) in [6, 6.07) is -0.505. The van der Waals surface area contributed by atoms with Gasteiger partial charge in [-0.15, -0.1) is 0 Å². The third-order valence-electron chi connectivity index (χ3n) is 2.81. The molecule has 0 aromatic heterocycles. The topological polar surface area (TPSA) is 87.5 Å². The normalized spacial score (nSPS) is 19.3. The Bertz CT molecular complexity index is 306. The van der Waals surface area contributed by atoms with Crippen LogP contribution in [0.1, 0.15) is 27.2 Å². The van der Waals surface area contributed by atoms with Gasteiger partial charge >= 0.3 is 0 Å². The Morgan fingerprint density at radius 1 is 1.33 bits per heavy atom. The highest BCUT2D eigenvalue weighted by Gasteiger charge is 2.28. The van der Waals surface area contributed by atoms with Crippen molar-refractivity contribution in [1.82, 2.24) is 15.5 Å². The molecule has 1 saturated heterocycles. The van der Waals surface area contributed by atoms with E-state index in [4.69, 9.17) is 5.73 Å². The Labute approximate surface area is 108 Å². The molecule has 1 atom stereocenters. The molecule has 1 heterocycles. The summed E-state index contributed by atoms with van der Waals surface area (Å²) in [5.41, 5.74) is 5.11. The molecular weight excluding hydrogens is 232 g/mol. The highest BCUT2D eigenvalue weighted by atomic mass is 16.2. The maximum Gasteiger partial charge on any atom is 0.235 e. The predicted octanol–water partition coefficient (Wildman–Crippen LogP) is -0.950. The quantitative estimate of drug-likeness (QED) is 0.605. The van der Waals surface area contributed by atoms with Crippen molar-refractivity contribution < 1.29 is 9.59 Å². The number of nitrogens with two attached hydrogens (primary N) is 1. The first-order valence-corrected chi connectivity index (χ1v) is 6.35. The number of primary amides is 1.